The summed E-state index contributed by atoms with van der Waals surface area (Å²) in [6.07, 6.45) is 0. The van der Waals surface area contributed by atoms with Crippen molar-refractivity contribution in [3.8, 4) is 22.3 Å². The van der Waals surface area contributed by atoms with E-state index in [1.807, 2.05) is 0 Å². The van der Waals surface area contributed by atoms with Crippen LogP contribution in [0.2, 0.25) is 0 Å². The fourth-order valence-electron chi connectivity index (χ4n) is 5.16. The van der Waals surface area contributed by atoms with Gasteiger partial charge in [0.25, 0.3) is 0 Å². The molecule has 0 spiro atoms. The molecule has 0 atom stereocenters. The van der Waals surface area contributed by atoms with E-state index in [1.54, 1.807) is 0 Å². The first-order chi connectivity index (χ1) is 14.1. The Morgan fingerprint density at radius 2 is 1.14 bits per heavy atom. The molecule has 0 amide bonds. The minimum Gasteiger partial charge on any atom is -0.0622 e. The van der Waals surface area contributed by atoms with Gasteiger partial charge in [-0.1, -0.05) is 92.7 Å². The first-order valence-electron chi connectivity index (χ1n) is 10.3. The zero-order chi connectivity index (χ0) is 19.6. The van der Waals surface area contributed by atoms with E-state index in [2.05, 4.69) is 111 Å². The minimum absolute atomic E-state index is 0.0271. The summed E-state index contributed by atoms with van der Waals surface area (Å²) in [7, 11) is 0. The van der Waals surface area contributed by atoms with E-state index in [4.69, 9.17) is 0 Å². The molecule has 5 aromatic carbocycles. The molecular formula is C29H22. The maximum absolute atomic E-state index is 2.45. The molecule has 0 nitrogen and oxygen atoms in total. The van der Waals surface area contributed by atoms with Crippen LogP contribution in [0.5, 0.6) is 0 Å². The Balaban J connectivity index is 1.75. The molecule has 1 aliphatic carbocycles. The van der Waals surface area contributed by atoms with Crippen molar-refractivity contribution in [1.82, 2.24) is 0 Å². The second-order valence-electron chi connectivity index (χ2n) is 8.63. The lowest BCUT2D eigenvalue weighted by Gasteiger charge is -2.22. The second kappa shape index (κ2) is 5.81. The Bertz CT molecular complexity index is 1400. The third kappa shape index (κ3) is 2.26. The maximum Gasteiger partial charge on any atom is 0.0159 e. The van der Waals surface area contributed by atoms with Crippen molar-refractivity contribution in [1.29, 1.82) is 0 Å². The van der Waals surface area contributed by atoms with Crippen molar-refractivity contribution in [2.24, 2.45) is 0 Å². The van der Waals surface area contributed by atoms with Crippen molar-refractivity contribution >= 4 is 21.5 Å². The first-order valence-corrected chi connectivity index (χ1v) is 10.3. The lowest BCUT2D eigenvalue weighted by atomic mass is 9.81. The molecule has 0 saturated carbocycles. The van der Waals surface area contributed by atoms with Crippen LogP contribution in [0.4, 0.5) is 0 Å². The molecule has 29 heavy (non-hydrogen) atoms. The fourth-order valence-corrected chi connectivity index (χ4v) is 5.16. The highest BCUT2D eigenvalue weighted by Gasteiger charge is 2.35. The number of rotatable bonds is 1. The number of benzene rings is 5. The lowest BCUT2D eigenvalue weighted by molar-refractivity contribution is 0.661. The normalized spacial score (nSPS) is 14.1. The molecule has 0 radical (unpaired) electrons. The van der Waals surface area contributed by atoms with Gasteiger partial charge < -0.3 is 0 Å². The highest BCUT2D eigenvalue weighted by atomic mass is 14.4. The monoisotopic (exact) mass is 370 g/mol. The fraction of sp³-hybridized carbons (Fsp3) is 0.103. The van der Waals surface area contributed by atoms with E-state index < -0.39 is 0 Å². The van der Waals surface area contributed by atoms with E-state index in [9.17, 15) is 0 Å². The van der Waals surface area contributed by atoms with Gasteiger partial charge >= 0.3 is 0 Å². The van der Waals surface area contributed by atoms with Gasteiger partial charge in [-0.25, -0.2) is 0 Å². The Morgan fingerprint density at radius 1 is 0.483 bits per heavy atom. The van der Waals surface area contributed by atoms with Crippen LogP contribution >= 0.6 is 0 Å². The Hall–Kier alpha value is -3.38. The second-order valence-corrected chi connectivity index (χ2v) is 8.63. The molecule has 138 valence electrons. The van der Waals surface area contributed by atoms with Crippen LogP contribution in [0.3, 0.4) is 0 Å². The van der Waals surface area contributed by atoms with Crippen LogP contribution in [0.25, 0.3) is 43.8 Å². The van der Waals surface area contributed by atoms with Crippen molar-refractivity contribution in [3.05, 3.63) is 108 Å². The average molecular weight is 370 g/mol. The summed E-state index contributed by atoms with van der Waals surface area (Å²) in [5, 5.41) is 5.31. The largest absolute Gasteiger partial charge is 0.0622 e. The molecule has 0 aromatic heterocycles. The summed E-state index contributed by atoms with van der Waals surface area (Å²) in [6.45, 7) is 4.70. The summed E-state index contributed by atoms with van der Waals surface area (Å²) >= 11 is 0. The van der Waals surface area contributed by atoms with Gasteiger partial charge in [-0.15, -0.1) is 0 Å². The topological polar surface area (TPSA) is 0 Å². The predicted molar refractivity (Wildman–Crippen MR) is 124 cm³/mol. The van der Waals surface area contributed by atoms with Gasteiger partial charge in [0, 0.05) is 5.41 Å². The van der Waals surface area contributed by atoms with Crippen molar-refractivity contribution in [3.63, 3.8) is 0 Å². The molecule has 0 bridgehead atoms. The first kappa shape index (κ1) is 16.6. The highest BCUT2D eigenvalue weighted by molar-refractivity contribution is 6.15. The summed E-state index contributed by atoms with van der Waals surface area (Å²) in [5.41, 5.74) is 8.23. The Kier molecular flexibility index (Phi) is 3.32. The molecule has 0 unspecified atom stereocenters. The van der Waals surface area contributed by atoms with Crippen molar-refractivity contribution in [2.45, 2.75) is 19.3 Å². The molecule has 1 aliphatic rings. The van der Waals surface area contributed by atoms with E-state index >= 15 is 0 Å². The molecule has 5 aromatic rings. The van der Waals surface area contributed by atoms with Gasteiger partial charge in [-0.05, 0) is 73.1 Å². The van der Waals surface area contributed by atoms with Crippen LogP contribution < -0.4 is 0 Å². The van der Waals surface area contributed by atoms with E-state index in [-0.39, 0.29) is 5.41 Å². The van der Waals surface area contributed by atoms with Gasteiger partial charge in [-0.2, -0.15) is 0 Å². The maximum atomic E-state index is 2.45. The molecule has 0 fully saturated rings. The molecule has 6 rings (SSSR count). The third-order valence-corrected chi connectivity index (χ3v) is 6.65. The van der Waals surface area contributed by atoms with Gasteiger partial charge in [0.15, 0.2) is 0 Å². The summed E-state index contributed by atoms with van der Waals surface area (Å²) in [5.74, 6) is 0. The Morgan fingerprint density at radius 3 is 1.97 bits per heavy atom. The molecular weight excluding hydrogens is 348 g/mol. The van der Waals surface area contributed by atoms with Crippen LogP contribution in [-0.4, -0.2) is 0 Å². The average Bonchev–Trinajstić information content (AvgIpc) is 2.99. The van der Waals surface area contributed by atoms with Crippen molar-refractivity contribution in [2.75, 3.05) is 0 Å². The zero-order valence-corrected chi connectivity index (χ0v) is 16.7. The zero-order valence-electron chi connectivity index (χ0n) is 16.7. The predicted octanol–water partition coefficient (Wildman–Crippen LogP) is 7.97. The van der Waals surface area contributed by atoms with Gasteiger partial charge in [0.1, 0.15) is 0 Å². The highest BCUT2D eigenvalue weighted by Crippen LogP contribution is 2.50. The SMILES string of the molecule is CC1(C)c2ccccc2-c2cc3cc(-c4ccccc4)c4ccccc4c3cc21. The lowest BCUT2D eigenvalue weighted by Crippen LogP contribution is -2.14. The van der Waals surface area contributed by atoms with E-state index in [0.717, 1.165) is 0 Å². The number of fused-ring (bicyclic) bond motifs is 6. The summed E-state index contributed by atoms with van der Waals surface area (Å²) in [4.78, 5) is 0. The van der Waals surface area contributed by atoms with Crippen LogP contribution in [0.15, 0.2) is 97.1 Å². The Labute approximate surface area is 171 Å². The molecule has 0 heterocycles. The molecule has 0 saturated heterocycles. The number of hydrogen-bond acceptors (Lipinski definition) is 0. The van der Waals surface area contributed by atoms with Crippen LogP contribution in [0, 0.1) is 0 Å². The number of hydrogen-bond donors (Lipinski definition) is 0. The summed E-state index contributed by atoms with van der Waals surface area (Å²) in [6, 6.07) is 35.7. The van der Waals surface area contributed by atoms with Crippen LogP contribution in [-0.2, 0) is 5.41 Å². The van der Waals surface area contributed by atoms with Crippen LogP contribution in [0.1, 0.15) is 25.0 Å². The molecule has 0 aliphatic heterocycles. The standard InChI is InChI=1S/C29H22/c1-29(2)27-15-9-8-14-23(27)26-17-20-16-24(19-10-4-3-5-11-19)21-12-6-7-13-22(21)25(20)18-28(26)29/h3-18H,1-2H3. The van der Waals surface area contributed by atoms with E-state index in [0.29, 0.717) is 0 Å². The summed E-state index contributed by atoms with van der Waals surface area (Å²) < 4.78 is 0. The van der Waals surface area contributed by atoms with Gasteiger partial charge in [-0.3, -0.25) is 0 Å². The quantitative estimate of drug-likeness (QED) is 0.262. The van der Waals surface area contributed by atoms with Gasteiger partial charge in [0.2, 0.25) is 0 Å². The van der Waals surface area contributed by atoms with Gasteiger partial charge in [0.05, 0.1) is 0 Å². The van der Waals surface area contributed by atoms with E-state index in [1.165, 1.54) is 54.9 Å². The van der Waals surface area contributed by atoms with Crippen molar-refractivity contribution < 1.29 is 0 Å². The smallest absolute Gasteiger partial charge is 0.0159 e. The molecule has 0 N–H and O–H groups in total. The minimum atomic E-state index is 0.0271. The molecule has 0 heteroatoms. The third-order valence-electron chi connectivity index (χ3n) is 6.65.